The molecule has 4 rings (SSSR count). The molecule has 0 bridgehead atoms. The Morgan fingerprint density at radius 2 is 1.82 bits per heavy atom. The molecule has 0 radical (unpaired) electrons. The molecule has 34 heavy (non-hydrogen) atoms. The normalized spacial score (nSPS) is 18.2. The molecular formula is C28H37ClN2O3. The molecule has 1 unspecified atom stereocenters. The molecule has 6 heteroatoms. The number of carbonyl (C=O) groups excluding carboxylic acids is 1. The highest BCUT2D eigenvalue weighted by Gasteiger charge is 2.25. The summed E-state index contributed by atoms with van der Waals surface area (Å²) in [6.45, 7) is 4.59. The number of methoxy groups -OCH3 is 1. The van der Waals surface area contributed by atoms with Crippen molar-refractivity contribution in [3.63, 3.8) is 0 Å². The van der Waals surface area contributed by atoms with Crippen molar-refractivity contribution in [3.8, 4) is 5.75 Å². The van der Waals surface area contributed by atoms with E-state index in [1.54, 1.807) is 7.11 Å². The van der Waals surface area contributed by atoms with Crippen molar-refractivity contribution in [1.29, 1.82) is 0 Å². The first-order valence-electron chi connectivity index (χ1n) is 12.6. The van der Waals surface area contributed by atoms with Crippen molar-refractivity contribution in [3.05, 3.63) is 64.7 Å². The SMILES string of the molecule is COc1cccc(C(CN2CCN(C(=O)CCC3CCCC3)CC2)OCc2cccc(Cl)c2)c1. The largest absolute Gasteiger partial charge is 0.497 e. The van der Waals surface area contributed by atoms with Gasteiger partial charge in [-0.2, -0.15) is 0 Å². The van der Waals surface area contributed by atoms with Gasteiger partial charge in [-0.3, -0.25) is 9.69 Å². The fourth-order valence-electron chi connectivity index (χ4n) is 5.12. The summed E-state index contributed by atoms with van der Waals surface area (Å²) in [6.07, 6.45) is 6.97. The van der Waals surface area contributed by atoms with Gasteiger partial charge >= 0.3 is 0 Å². The summed E-state index contributed by atoms with van der Waals surface area (Å²) in [5, 5.41) is 0.716. The molecule has 2 aliphatic rings. The Morgan fingerprint density at radius 1 is 1.06 bits per heavy atom. The molecule has 1 amide bonds. The van der Waals surface area contributed by atoms with Crippen molar-refractivity contribution in [2.45, 2.75) is 51.2 Å². The molecule has 1 saturated heterocycles. The van der Waals surface area contributed by atoms with Gasteiger partial charge in [0.1, 0.15) is 5.75 Å². The van der Waals surface area contributed by atoms with Crippen LogP contribution in [0.25, 0.3) is 0 Å². The van der Waals surface area contributed by atoms with Crippen molar-refractivity contribution in [2.75, 3.05) is 39.8 Å². The van der Waals surface area contributed by atoms with Crippen LogP contribution in [0.15, 0.2) is 48.5 Å². The Morgan fingerprint density at radius 3 is 2.56 bits per heavy atom. The lowest BCUT2D eigenvalue weighted by atomic mass is 10.0. The summed E-state index contributed by atoms with van der Waals surface area (Å²) in [5.41, 5.74) is 2.15. The van der Waals surface area contributed by atoms with Gasteiger partial charge in [0, 0.05) is 44.2 Å². The van der Waals surface area contributed by atoms with Crippen LogP contribution in [-0.4, -0.2) is 55.5 Å². The number of amides is 1. The van der Waals surface area contributed by atoms with Gasteiger partial charge in [0.15, 0.2) is 0 Å². The summed E-state index contributed by atoms with van der Waals surface area (Å²) in [6, 6.07) is 15.9. The van der Waals surface area contributed by atoms with Crippen LogP contribution in [0.1, 0.15) is 55.8 Å². The molecule has 0 spiro atoms. The third-order valence-electron chi connectivity index (χ3n) is 7.20. The maximum Gasteiger partial charge on any atom is 0.222 e. The summed E-state index contributed by atoms with van der Waals surface area (Å²) in [5.74, 6) is 1.92. The average Bonchev–Trinajstić information content (AvgIpc) is 3.39. The van der Waals surface area contributed by atoms with Crippen LogP contribution in [0.2, 0.25) is 5.02 Å². The van der Waals surface area contributed by atoms with Crippen LogP contribution < -0.4 is 4.74 Å². The maximum atomic E-state index is 12.7. The summed E-state index contributed by atoms with van der Waals surface area (Å²) in [7, 11) is 1.68. The quantitative estimate of drug-likeness (QED) is 0.432. The van der Waals surface area contributed by atoms with Gasteiger partial charge in [0.05, 0.1) is 19.8 Å². The number of ether oxygens (including phenoxy) is 2. The summed E-state index contributed by atoms with van der Waals surface area (Å²) in [4.78, 5) is 17.2. The molecule has 1 atom stereocenters. The first-order chi connectivity index (χ1) is 16.6. The van der Waals surface area contributed by atoms with Crippen molar-refractivity contribution in [2.24, 2.45) is 5.92 Å². The molecule has 184 valence electrons. The predicted octanol–water partition coefficient (Wildman–Crippen LogP) is 5.72. The third-order valence-corrected chi connectivity index (χ3v) is 7.43. The Bertz CT molecular complexity index is 923. The smallest absolute Gasteiger partial charge is 0.222 e. The second-order valence-electron chi connectivity index (χ2n) is 9.58. The highest BCUT2D eigenvalue weighted by Crippen LogP contribution is 2.29. The Labute approximate surface area is 209 Å². The standard InChI is InChI=1S/C28H37ClN2O3/c1-33-26-11-5-9-24(19-26)27(34-21-23-8-4-10-25(29)18-23)20-30-14-16-31(17-15-30)28(32)13-12-22-6-2-3-7-22/h4-5,8-11,18-19,22,27H,2-3,6-7,12-17,20-21H2,1H3. The predicted molar refractivity (Wildman–Crippen MR) is 136 cm³/mol. The van der Waals surface area contributed by atoms with E-state index in [1.165, 1.54) is 25.7 Å². The minimum atomic E-state index is -0.0984. The van der Waals surface area contributed by atoms with Crippen LogP contribution >= 0.6 is 11.6 Å². The van der Waals surface area contributed by atoms with Gasteiger partial charge < -0.3 is 14.4 Å². The second-order valence-corrected chi connectivity index (χ2v) is 10.0. The topological polar surface area (TPSA) is 42.0 Å². The average molecular weight is 485 g/mol. The Balaban J connectivity index is 1.32. The number of halogens is 1. The highest BCUT2D eigenvalue weighted by molar-refractivity contribution is 6.30. The monoisotopic (exact) mass is 484 g/mol. The van der Waals surface area contributed by atoms with Crippen LogP contribution in [0.3, 0.4) is 0 Å². The van der Waals surface area contributed by atoms with E-state index in [4.69, 9.17) is 21.1 Å². The molecule has 2 fully saturated rings. The number of rotatable bonds is 10. The Kier molecular flexibility index (Phi) is 9.25. The Hall–Kier alpha value is -2.08. The number of hydrogen-bond donors (Lipinski definition) is 0. The van der Waals surface area contributed by atoms with Crippen LogP contribution in [-0.2, 0) is 16.1 Å². The van der Waals surface area contributed by atoms with E-state index >= 15 is 0 Å². The van der Waals surface area contributed by atoms with Crippen molar-refractivity contribution >= 4 is 17.5 Å². The lowest BCUT2D eigenvalue weighted by Gasteiger charge is -2.36. The molecule has 2 aromatic carbocycles. The number of carbonyl (C=O) groups is 1. The minimum absolute atomic E-state index is 0.0984. The minimum Gasteiger partial charge on any atom is -0.497 e. The highest BCUT2D eigenvalue weighted by atomic mass is 35.5. The molecule has 1 aliphatic carbocycles. The van der Waals surface area contributed by atoms with E-state index in [-0.39, 0.29) is 6.10 Å². The van der Waals surface area contributed by atoms with E-state index in [0.717, 1.165) is 61.9 Å². The zero-order valence-corrected chi connectivity index (χ0v) is 21.0. The van der Waals surface area contributed by atoms with E-state index in [1.807, 2.05) is 42.5 Å². The second kappa shape index (κ2) is 12.6. The number of piperazine rings is 1. The lowest BCUT2D eigenvalue weighted by Crippen LogP contribution is -2.49. The van der Waals surface area contributed by atoms with Gasteiger partial charge in [0.2, 0.25) is 5.91 Å². The molecule has 1 saturated carbocycles. The van der Waals surface area contributed by atoms with Crippen LogP contribution in [0.5, 0.6) is 5.75 Å². The molecule has 1 heterocycles. The lowest BCUT2D eigenvalue weighted by molar-refractivity contribution is -0.133. The molecule has 0 N–H and O–H groups in total. The fourth-order valence-corrected chi connectivity index (χ4v) is 5.33. The van der Waals surface area contributed by atoms with Crippen LogP contribution in [0.4, 0.5) is 0 Å². The van der Waals surface area contributed by atoms with Gasteiger partial charge in [-0.05, 0) is 47.7 Å². The van der Waals surface area contributed by atoms with Crippen molar-refractivity contribution in [1.82, 2.24) is 9.80 Å². The van der Waals surface area contributed by atoms with Gasteiger partial charge in [-0.25, -0.2) is 0 Å². The van der Waals surface area contributed by atoms with E-state index in [0.29, 0.717) is 24.0 Å². The van der Waals surface area contributed by atoms with E-state index in [2.05, 4.69) is 15.9 Å². The van der Waals surface area contributed by atoms with Gasteiger partial charge in [0.25, 0.3) is 0 Å². The molecule has 5 nitrogen and oxygen atoms in total. The fraction of sp³-hybridized carbons (Fsp3) is 0.536. The molecule has 2 aromatic rings. The van der Waals surface area contributed by atoms with E-state index < -0.39 is 0 Å². The van der Waals surface area contributed by atoms with Gasteiger partial charge in [-0.1, -0.05) is 61.5 Å². The number of nitrogens with zero attached hydrogens (tertiary/aromatic N) is 2. The third kappa shape index (κ3) is 7.21. The summed E-state index contributed by atoms with van der Waals surface area (Å²) >= 11 is 6.16. The first-order valence-corrected chi connectivity index (χ1v) is 13.0. The number of benzene rings is 2. The zero-order chi connectivity index (χ0) is 23.8. The van der Waals surface area contributed by atoms with Crippen molar-refractivity contribution < 1.29 is 14.3 Å². The summed E-state index contributed by atoms with van der Waals surface area (Å²) < 4.78 is 11.8. The number of hydrogen-bond acceptors (Lipinski definition) is 4. The molecular weight excluding hydrogens is 448 g/mol. The molecule has 1 aliphatic heterocycles. The first kappa shape index (κ1) is 25.0. The maximum absolute atomic E-state index is 12.7. The zero-order valence-electron chi connectivity index (χ0n) is 20.3. The van der Waals surface area contributed by atoms with Gasteiger partial charge in [-0.15, -0.1) is 0 Å². The molecule has 0 aromatic heterocycles. The van der Waals surface area contributed by atoms with Crippen LogP contribution in [0, 0.1) is 5.92 Å². The van der Waals surface area contributed by atoms with E-state index in [9.17, 15) is 4.79 Å².